The first-order valence-electron chi connectivity index (χ1n) is 6.79. The third-order valence-corrected chi connectivity index (χ3v) is 3.83. The van der Waals surface area contributed by atoms with Gasteiger partial charge in [0.2, 0.25) is 5.91 Å². The largest absolute Gasteiger partial charge is 0.481 e. The molecule has 2 heterocycles. The number of likely N-dealkylation sites (tertiary alicyclic amines) is 1. The van der Waals surface area contributed by atoms with Crippen molar-refractivity contribution in [2.45, 2.75) is 44.6 Å². The van der Waals surface area contributed by atoms with Crippen LogP contribution >= 0.6 is 0 Å². The number of hydrogen-bond donors (Lipinski definition) is 1. The second-order valence-corrected chi connectivity index (χ2v) is 5.19. The van der Waals surface area contributed by atoms with Crippen molar-refractivity contribution in [1.82, 2.24) is 4.90 Å². The second-order valence-electron chi connectivity index (χ2n) is 5.19. The van der Waals surface area contributed by atoms with E-state index < -0.39 is 5.97 Å². The molecule has 2 fully saturated rings. The molecule has 2 rings (SSSR count). The fourth-order valence-corrected chi connectivity index (χ4v) is 2.72. The van der Waals surface area contributed by atoms with E-state index in [9.17, 15) is 9.59 Å². The summed E-state index contributed by atoms with van der Waals surface area (Å²) in [6.07, 6.45) is 5.10. The fourth-order valence-electron chi connectivity index (χ4n) is 2.72. The van der Waals surface area contributed by atoms with Crippen LogP contribution in [-0.2, 0) is 14.3 Å². The standard InChI is InChI=1S/C13H21NO4/c15-12(6-5-11-4-2-8-18-11)14-7-1-3-10(9-14)13(16)17/h10-11H,1-9H2,(H,16,17)/t10-,11?/m0/s1. The Hall–Kier alpha value is -1.10. The average Bonchev–Trinajstić information content (AvgIpc) is 2.89. The summed E-state index contributed by atoms with van der Waals surface area (Å²) in [7, 11) is 0. The van der Waals surface area contributed by atoms with Crippen molar-refractivity contribution in [3.63, 3.8) is 0 Å². The Morgan fingerprint density at radius 1 is 1.28 bits per heavy atom. The van der Waals surface area contributed by atoms with Gasteiger partial charge >= 0.3 is 5.97 Å². The number of aliphatic carboxylic acids is 1. The molecule has 0 radical (unpaired) electrons. The molecule has 0 spiro atoms. The number of carbonyl (C=O) groups excluding carboxylic acids is 1. The number of hydrogen-bond acceptors (Lipinski definition) is 3. The molecule has 2 aliphatic heterocycles. The topological polar surface area (TPSA) is 66.8 Å². The van der Waals surface area contributed by atoms with E-state index in [2.05, 4.69) is 0 Å². The molecule has 0 aromatic carbocycles. The Morgan fingerprint density at radius 2 is 2.11 bits per heavy atom. The minimum Gasteiger partial charge on any atom is -0.481 e. The van der Waals surface area contributed by atoms with Gasteiger partial charge in [-0.3, -0.25) is 9.59 Å². The molecular formula is C13H21NO4. The summed E-state index contributed by atoms with van der Waals surface area (Å²) < 4.78 is 5.49. The summed E-state index contributed by atoms with van der Waals surface area (Å²) in [4.78, 5) is 24.6. The van der Waals surface area contributed by atoms with Crippen LogP contribution in [0.25, 0.3) is 0 Å². The Labute approximate surface area is 107 Å². The molecule has 1 N–H and O–H groups in total. The van der Waals surface area contributed by atoms with Gasteiger partial charge in [0.15, 0.2) is 0 Å². The highest BCUT2D eigenvalue weighted by atomic mass is 16.5. The molecule has 102 valence electrons. The zero-order valence-electron chi connectivity index (χ0n) is 10.6. The van der Waals surface area contributed by atoms with E-state index in [4.69, 9.17) is 9.84 Å². The van der Waals surface area contributed by atoms with E-state index in [1.54, 1.807) is 4.90 Å². The van der Waals surface area contributed by atoms with Gasteiger partial charge in [-0.2, -0.15) is 0 Å². The lowest BCUT2D eigenvalue weighted by atomic mass is 9.98. The number of rotatable bonds is 4. The summed E-state index contributed by atoms with van der Waals surface area (Å²) in [5, 5.41) is 8.98. The third kappa shape index (κ3) is 3.45. The molecule has 5 heteroatoms. The van der Waals surface area contributed by atoms with Crippen LogP contribution in [0.5, 0.6) is 0 Å². The first-order valence-corrected chi connectivity index (χ1v) is 6.79. The van der Waals surface area contributed by atoms with Crippen LogP contribution in [-0.4, -0.2) is 47.7 Å². The molecule has 0 bridgehead atoms. The number of ether oxygens (including phenoxy) is 1. The molecule has 0 saturated carbocycles. The lowest BCUT2D eigenvalue weighted by molar-refractivity contribution is -0.145. The smallest absolute Gasteiger partial charge is 0.308 e. The van der Waals surface area contributed by atoms with Crippen molar-refractivity contribution < 1.29 is 19.4 Å². The van der Waals surface area contributed by atoms with Crippen molar-refractivity contribution in [2.75, 3.05) is 19.7 Å². The molecule has 0 aromatic rings. The number of amides is 1. The molecular weight excluding hydrogens is 234 g/mol. The fraction of sp³-hybridized carbons (Fsp3) is 0.846. The molecule has 1 unspecified atom stereocenters. The minimum absolute atomic E-state index is 0.0800. The van der Waals surface area contributed by atoms with Gasteiger partial charge in [-0.1, -0.05) is 0 Å². The number of carboxylic acid groups (broad SMARTS) is 1. The zero-order valence-corrected chi connectivity index (χ0v) is 10.6. The molecule has 2 atom stereocenters. The van der Waals surface area contributed by atoms with Crippen LogP contribution < -0.4 is 0 Å². The maximum atomic E-state index is 12.0. The Balaban J connectivity index is 1.75. The van der Waals surface area contributed by atoms with Crippen LogP contribution in [0.15, 0.2) is 0 Å². The highest BCUT2D eigenvalue weighted by Gasteiger charge is 2.28. The SMILES string of the molecule is O=C(O)[C@H]1CCCN(C(=O)CCC2CCCO2)C1. The van der Waals surface area contributed by atoms with Gasteiger partial charge in [0, 0.05) is 26.1 Å². The van der Waals surface area contributed by atoms with E-state index in [1.165, 1.54) is 0 Å². The molecule has 18 heavy (non-hydrogen) atoms. The number of nitrogens with zero attached hydrogens (tertiary/aromatic N) is 1. The molecule has 0 aliphatic carbocycles. The predicted octanol–water partition coefficient (Wildman–Crippen LogP) is 1.27. The summed E-state index contributed by atoms with van der Waals surface area (Å²) in [5.74, 6) is -1.09. The van der Waals surface area contributed by atoms with Crippen LogP contribution in [0, 0.1) is 5.92 Å². The van der Waals surface area contributed by atoms with Crippen LogP contribution in [0.4, 0.5) is 0 Å². The molecule has 2 saturated heterocycles. The predicted molar refractivity (Wildman–Crippen MR) is 65.1 cm³/mol. The number of carbonyl (C=O) groups is 2. The highest BCUT2D eigenvalue weighted by molar-refractivity contribution is 5.78. The zero-order chi connectivity index (χ0) is 13.0. The van der Waals surface area contributed by atoms with E-state index >= 15 is 0 Å². The Kier molecular flexibility index (Phi) is 4.58. The van der Waals surface area contributed by atoms with Crippen molar-refractivity contribution in [3.05, 3.63) is 0 Å². The van der Waals surface area contributed by atoms with Crippen molar-refractivity contribution in [1.29, 1.82) is 0 Å². The summed E-state index contributed by atoms with van der Waals surface area (Å²) >= 11 is 0. The van der Waals surface area contributed by atoms with Gasteiger partial charge in [-0.05, 0) is 32.1 Å². The van der Waals surface area contributed by atoms with Gasteiger partial charge in [0.05, 0.1) is 12.0 Å². The van der Waals surface area contributed by atoms with Crippen molar-refractivity contribution in [2.24, 2.45) is 5.92 Å². The van der Waals surface area contributed by atoms with E-state index in [0.717, 1.165) is 32.3 Å². The van der Waals surface area contributed by atoms with E-state index in [0.29, 0.717) is 25.9 Å². The third-order valence-electron chi connectivity index (χ3n) is 3.83. The van der Waals surface area contributed by atoms with Gasteiger partial charge in [-0.25, -0.2) is 0 Å². The summed E-state index contributed by atoms with van der Waals surface area (Å²) in [6.45, 7) is 1.89. The van der Waals surface area contributed by atoms with Crippen LogP contribution in [0.2, 0.25) is 0 Å². The maximum absolute atomic E-state index is 12.0. The molecule has 2 aliphatic rings. The first kappa shape index (κ1) is 13.3. The van der Waals surface area contributed by atoms with Crippen molar-refractivity contribution in [3.8, 4) is 0 Å². The average molecular weight is 255 g/mol. The Bertz CT molecular complexity index is 312. The van der Waals surface area contributed by atoms with E-state index in [-0.39, 0.29) is 17.9 Å². The number of piperidine rings is 1. The first-order chi connectivity index (χ1) is 8.66. The van der Waals surface area contributed by atoms with Gasteiger partial charge < -0.3 is 14.7 Å². The quantitative estimate of drug-likeness (QED) is 0.821. The molecule has 1 amide bonds. The van der Waals surface area contributed by atoms with Gasteiger partial charge in [0.1, 0.15) is 0 Å². The maximum Gasteiger partial charge on any atom is 0.308 e. The van der Waals surface area contributed by atoms with Crippen LogP contribution in [0.1, 0.15) is 38.5 Å². The van der Waals surface area contributed by atoms with E-state index in [1.807, 2.05) is 0 Å². The normalized spacial score (nSPS) is 28.3. The minimum atomic E-state index is -0.786. The lowest BCUT2D eigenvalue weighted by Crippen LogP contribution is -2.42. The summed E-state index contributed by atoms with van der Waals surface area (Å²) in [5.41, 5.74) is 0. The van der Waals surface area contributed by atoms with Crippen LogP contribution in [0.3, 0.4) is 0 Å². The Morgan fingerprint density at radius 3 is 2.78 bits per heavy atom. The number of carboxylic acids is 1. The van der Waals surface area contributed by atoms with Crippen molar-refractivity contribution >= 4 is 11.9 Å². The van der Waals surface area contributed by atoms with Gasteiger partial charge in [0.25, 0.3) is 0 Å². The lowest BCUT2D eigenvalue weighted by Gasteiger charge is -2.31. The highest BCUT2D eigenvalue weighted by Crippen LogP contribution is 2.20. The van der Waals surface area contributed by atoms with Gasteiger partial charge in [-0.15, -0.1) is 0 Å². The monoisotopic (exact) mass is 255 g/mol. The molecule has 0 aromatic heterocycles. The molecule has 5 nitrogen and oxygen atoms in total. The summed E-state index contributed by atoms with van der Waals surface area (Å²) in [6, 6.07) is 0. The second kappa shape index (κ2) is 6.18.